The Morgan fingerprint density at radius 2 is 1.10 bits per heavy atom. The van der Waals surface area contributed by atoms with E-state index < -0.39 is 24.3 Å². The Labute approximate surface area is 402 Å². The highest BCUT2D eigenvalue weighted by Gasteiger charge is 2.40. The lowest BCUT2D eigenvalue weighted by Gasteiger charge is -2.33. The third-order valence-corrected chi connectivity index (χ3v) is 14.1. The molecule has 5 heterocycles. The second kappa shape index (κ2) is 20.2. The van der Waals surface area contributed by atoms with Crippen molar-refractivity contribution in [1.82, 2.24) is 40.4 Å². The van der Waals surface area contributed by atoms with Crippen molar-refractivity contribution in [3.8, 4) is 5.75 Å². The average Bonchev–Trinajstić information content (AvgIpc) is 4.23. The minimum Gasteiger partial charge on any atom is -0.489 e. The minimum absolute atomic E-state index is 0.00685. The SMILES string of the molecule is COC(=O)NC(C(=O)N1CCC[C@H]1c1nc2cc([C@H]3CC[C@H](c4ccc5[nH]c([C@@H]6CCCN6C(=O)[C@@H](NC(=O)OC)C(C)C)nc5c4)N3c3ccc(OCc4ccccc4)cc3)ccc2[nH]1)C(C)C. The predicted molar refractivity (Wildman–Crippen MR) is 262 cm³/mol. The number of hydrogen-bond acceptors (Lipinski definition) is 10. The van der Waals surface area contributed by atoms with Gasteiger partial charge in [-0.25, -0.2) is 19.6 Å². The second-order valence-electron chi connectivity index (χ2n) is 19.2. The monoisotopic (exact) mass is 937 g/mol. The van der Waals surface area contributed by atoms with Crippen molar-refractivity contribution in [3.05, 3.63) is 119 Å². The van der Waals surface area contributed by atoms with Gasteiger partial charge in [-0.3, -0.25) is 9.59 Å². The van der Waals surface area contributed by atoms with Crippen molar-refractivity contribution >= 4 is 51.8 Å². The summed E-state index contributed by atoms with van der Waals surface area (Å²) in [5, 5.41) is 5.48. The van der Waals surface area contributed by atoms with E-state index in [1.165, 1.54) is 14.2 Å². The lowest BCUT2D eigenvalue weighted by atomic mass is 10.0. The summed E-state index contributed by atoms with van der Waals surface area (Å²) in [6, 6.07) is 29.4. The molecule has 2 aromatic heterocycles. The largest absolute Gasteiger partial charge is 0.489 e. The van der Waals surface area contributed by atoms with E-state index >= 15 is 0 Å². The maximum atomic E-state index is 13.9. The molecule has 0 radical (unpaired) electrons. The number of carbonyl (C=O) groups excluding carboxylic acids is 4. The molecule has 0 aliphatic carbocycles. The Hall–Kier alpha value is -7.10. The maximum absolute atomic E-state index is 13.9. The number of ether oxygens (including phenoxy) is 3. The van der Waals surface area contributed by atoms with Crippen molar-refractivity contribution in [2.24, 2.45) is 11.8 Å². The van der Waals surface area contributed by atoms with Crippen molar-refractivity contribution < 1.29 is 33.4 Å². The lowest BCUT2D eigenvalue weighted by Crippen LogP contribution is -2.51. The van der Waals surface area contributed by atoms with E-state index in [-0.39, 0.29) is 47.8 Å². The van der Waals surface area contributed by atoms with Gasteiger partial charge >= 0.3 is 12.2 Å². The Morgan fingerprint density at radius 1 is 0.623 bits per heavy atom. The molecule has 0 spiro atoms. The molecule has 1 unspecified atom stereocenters. The van der Waals surface area contributed by atoms with Gasteiger partial charge in [0.25, 0.3) is 0 Å². The zero-order chi connectivity index (χ0) is 48.3. The van der Waals surface area contributed by atoms with Gasteiger partial charge < -0.3 is 49.5 Å². The fourth-order valence-electron chi connectivity index (χ4n) is 10.5. The number of alkyl carbamates (subject to hydrolysis) is 2. The van der Waals surface area contributed by atoms with Crippen LogP contribution in [0.25, 0.3) is 22.1 Å². The highest BCUT2D eigenvalue weighted by Crippen LogP contribution is 2.48. The van der Waals surface area contributed by atoms with Crippen molar-refractivity contribution in [1.29, 1.82) is 0 Å². The summed E-state index contributed by atoms with van der Waals surface area (Å²) in [7, 11) is 2.60. The molecule has 4 N–H and O–H groups in total. The number of imidazole rings is 2. The summed E-state index contributed by atoms with van der Waals surface area (Å²) in [6.45, 7) is 9.27. The number of hydrogen-bond donors (Lipinski definition) is 4. The first-order valence-corrected chi connectivity index (χ1v) is 24.2. The van der Waals surface area contributed by atoms with Gasteiger partial charge in [0.05, 0.1) is 60.5 Å². The van der Waals surface area contributed by atoms with Crippen LogP contribution in [0, 0.1) is 11.8 Å². The number of likely N-dealkylation sites (tertiary alicyclic amines) is 2. The maximum Gasteiger partial charge on any atom is 0.407 e. The first-order chi connectivity index (χ1) is 33.4. The molecule has 3 aliphatic rings. The summed E-state index contributed by atoms with van der Waals surface area (Å²) >= 11 is 0. The number of amides is 4. The third kappa shape index (κ3) is 9.79. The first kappa shape index (κ1) is 47.0. The smallest absolute Gasteiger partial charge is 0.407 e. The van der Waals surface area contributed by atoms with Crippen molar-refractivity contribution in [2.45, 2.75) is 109 Å². The Bertz CT molecular complexity index is 2640. The summed E-state index contributed by atoms with van der Waals surface area (Å²) in [4.78, 5) is 75.8. The van der Waals surface area contributed by atoms with Gasteiger partial charge in [-0.05, 0) is 116 Å². The van der Waals surface area contributed by atoms with Crippen LogP contribution in [-0.4, -0.2) is 93.1 Å². The summed E-state index contributed by atoms with van der Waals surface area (Å²) < 4.78 is 15.9. The number of carbonyl (C=O) groups is 4. The number of H-pyrrole nitrogens is 2. The van der Waals surface area contributed by atoms with Crippen LogP contribution in [0.1, 0.15) is 119 Å². The Kier molecular flexibility index (Phi) is 13.8. The fraction of sp³-hybridized carbons (Fsp3) is 0.434. The molecule has 4 amide bonds. The highest BCUT2D eigenvalue weighted by atomic mass is 16.5. The predicted octanol–water partition coefficient (Wildman–Crippen LogP) is 9.19. The lowest BCUT2D eigenvalue weighted by molar-refractivity contribution is -0.136. The van der Waals surface area contributed by atoms with Crippen LogP contribution < -0.4 is 20.3 Å². The van der Waals surface area contributed by atoms with E-state index in [2.05, 4.69) is 86.2 Å². The molecule has 16 heteroatoms. The van der Waals surface area contributed by atoms with Crippen LogP contribution >= 0.6 is 0 Å². The number of aromatic amines is 2. The molecule has 6 aromatic rings. The quantitative estimate of drug-likeness (QED) is 0.0820. The summed E-state index contributed by atoms with van der Waals surface area (Å²) in [5.41, 5.74) is 7.85. The van der Waals surface area contributed by atoms with Crippen LogP contribution in [0.4, 0.5) is 15.3 Å². The van der Waals surface area contributed by atoms with Gasteiger partial charge in [0.1, 0.15) is 36.1 Å². The normalized spacial score (nSPS) is 20.2. The van der Waals surface area contributed by atoms with Gasteiger partial charge in [-0.2, -0.15) is 0 Å². The van der Waals surface area contributed by atoms with Gasteiger partial charge in [-0.1, -0.05) is 70.2 Å². The van der Waals surface area contributed by atoms with Crippen molar-refractivity contribution in [3.63, 3.8) is 0 Å². The molecule has 3 saturated heterocycles. The molecular weight excluding hydrogens is 875 g/mol. The first-order valence-electron chi connectivity index (χ1n) is 24.2. The van der Waals surface area contributed by atoms with Gasteiger partial charge in [-0.15, -0.1) is 0 Å². The number of fused-ring (bicyclic) bond motifs is 2. The van der Waals surface area contributed by atoms with Crippen LogP contribution in [0.2, 0.25) is 0 Å². The van der Waals surface area contributed by atoms with E-state index in [0.717, 1.165) is 100 Å². The molecular formula is C53H63N9O7. The van der Waals surface area contributed by atoms with Crippen molar-refractivity contribution in [2.75, 3.05) is 32.2 Å². The zero-order valence-corrected chi connectivity index (χ0v) is 40.2. The van der Waals surface area contributed by atoms with Gasteiger partial charge in [0, 0.05) is 18.8 Å². The molecule has 3 aliphatic heterocycles. The summed E-state index contributed by atoms with van der Waals surface area (Å²) in [6.07, 6.45) is 3.68. The molecule has 0 bridgehead atoms. The minimum atomic E-state index is -0.718. The molecule has 0 saturated carbocycles. The molecule has 9 rings (SSSR count). The molecule has 362 valence electrons. The zero-order valence-electron chi connectivity index (χ0n) is 40.2. The van der Waals surface area contributed by atoms with Crippen LogP contribution in [0.3, 0.4) is 0 Å². The molecule has 16 nitrogen and oxygen atoms in total. The number of methoxy groups -OCH3 is 2. The number of aromatic nitrogens is 4. The van der Waals surface area contributed by atoms with E-state index in [0.29, 0.717) is 19.7 Å². The average molecular weight is 938 g/mol. The topological polar surface area (TPSA) is 187 Å². The molecule has 6 atom stereocenters. The van der Waals surface area contributed by atoms with E-state index in [1.54, 1.807) is 0 Å². The van der Waals surface area contributed by atoms with E-state index in [1.807, 2.05) is 67.8 Å². The van der Waals surface area contributed by atoms with Gasteiger partial charge in [0.2, 0.25) is 11.8 Å². The number of rotatable bonds is 14. The molecule has 3 fully saturated rings. The van der Waals surface area contributed by atoms with Crippen LogP contribution in [0.15, 0.2) is 91.0 Å². The number of nitrogens with zero attached hydrogens (tertiary/aromatic N) is 5. The standard InChI is InChI=1S/C53H63N9O7/c1-31(2)46(58-52(65)67-5)50(63)60-26-10-14-44(60)48-54-38-22-16-34(28-40(38)56-48)42-24-25-43(62(42)36-18-20-37(21-19-36)69-30-33-12-8-7-9-13-33)35-17-23-39-41(29-35)57-49(55-39)45-15-11-27-61(45)51(64)47(32(3)4)59-53(66)68-6/h7-9,12-13,16-23,28-29,31-32,42-47H,10-11,14-15,24-27,30H2,1-6H3,(H,54,56)(H,55,57)(H,58,65)(H,59,66)/t42-,43-,44+,45+,46+,47?/m1/s1. The Balaban J connectivity index is 1.00. The van der Waals surface area contributed by atoms with Gasteiger partial charge in [0.15, 0.2) is 0 Å². The number of nitrogens with one attached hydrogen (secondary N) is 4. The van der Waals surface area contributed by atoms with E-state index in [9.17, 15) is 19.2 Å². The molecule has 69 heavy (non-hydrogen) atoms. The number of benzene rings is 4. The fourth-order valence-corrected chi connectivity index (χ4v) is 10.5. The highest BCUT2D eigenvalue weighted by molar-refractivity contribution is 5.87. The van der Waals surface area contributed by atoms with Crippen LogP contribution in [-0.2, 0) is 25.7 Å². The third-order valence-electron chi connectivity index (χ3n) is 14.1. The van der Waals surface area contributed by atoms with Crippen LogP contribution in [0.5, 0.6) is 5.75 Å². The second-order valence-corrected chi connectivity index (χ2v) is 19.2. The summed E-state index contributed by atoms with van der Waals surface area (Å²) in [5.74, 6) is 1.69. The Morgan fingerprint density at radius 3 is 1.55 bits per heavy atom. The van der Waals surface area contributed by atoms with E-state index in [4.69, 9.17) is 24.2 Å². The molecule has 4 aromatic carbocycles. The number of anilines is 1.